The van der Waals surface area contributed by atoms with E-state index >= 15 is 0 Å². The van der Waals surface area contributed by atoms with Gasteiger partial charge in [-0.1, -0.05) is 57.2 Å². The summed E-state index contributed by atoms with van der Waals surface area (Å²) < 4.78 is 2.01. The Morgan fingerprint density at radius 1 is 1.19 bits per heavy atom. The minimum absolute atomic E-state index is 0.0361. The van der Waals surface area contributed by atoms with Crippen molar-refractivity contribution in [3.05, 3.63) is 30.0 Å². The van der Waals surface area contributed by atoms with Crippen LogP contribution in [0.15, 0.2) is 24.3 Å². The number of rotatable bonds is 7. The van der Waals surface area contributed by atoms with E-state index < -0.39 is 0 Å². The molecule has 0 unspecified atom stereocenters. The van der Waals surface area contributed by atoms with Crippen LogP contribution in [0.2, 0.25) is 0 Å². The zero-order valence-corrected chi connectivity index (χ0v) is 16.6. The van der Waals surface area contributed by atoms with E-state index in [2.05, 4.69) is 32.2 Å². The molecule has 0 spiro atoms. The highest BCUT2D eigenvalue weighted by atomic mass is 16.2. The van der Waals surface area contributed by atoms with Gasteiger partial charge in [0.25, 0.3) is 5.91 Å². The molecule has 0 saturated heterocycles. The van der Waals surface area contributed by atoms with Gasteiger partial charge in [0.05, 0.1) is 5.52 Å². The van der Waals surface area contributed by atoms with Crippen molar-refractivity contribution in [1.29, 1.82) is 0 Å². The van der Waals surface area contributed by atoms with E-state index in [0.29, 0.717) is 11.6 Å². The molecule has 1 aliphatic carbocycles. The summed E-state index contributed by atoms with van der Waals surface area (Å²) in [6.45, 7) is 7.41. The first-order valence-electron chi connectivity index (χ1n) is 10.3. The monoisotopic (exact) mass is 355 g/mol. The van der Waals surface area contributed by atoms with Crippen LogP contribution in [-0.4, -0.2) is 21.2 Å². The minimum atomic E-state index is -0.190. The molecule has 1 aromatic carbocycles. The molecule has 2 aromatic rings. The number of para-hydroxylation sites is 1. The minimum Gasteiger partial charge on any atom is -0.345 e. The van der Waals surface area contributed by atoms with Crippen LogP contribution >= 0.6 is 0 Å². The molecule has 3 rings (SSSR count). The Morgan fingerprint density at radius 3 is 2.65 bits per heavy atom. The van der Waals surface area contributed by atoms with Crippen molar-refractivity contribution in [2.75, 3.05) is 0 Å². The molecule has 4 heteroatoms. The zero-order valence-electron chi connectivity index (χ0n) is 16.6. The quantitative estimate of drug-likeness (QED) is 0.684. The first-order chi connectivity index (χ1) is 12.5. The number of carbonyl (C=O) groups is 1. The summed E-state index contributed by atoms with van der Waals surface area (Å²) in [6.07, 6.45) is 9.76. The molecule has 1 amide bonds. The van der Waals surface area contributed by atoms with Crippen molar-refractivity contribution >= 4 is 16.8 Å². The number of fused-ring (bicyclic) bond motifs is 1. The molecular weight excluding hydrogens is 322 g/mol. The number of amides is 1. The molecule has 1 heterocycles. The highest BCUT2D eigenvalue weighted by molar-refractivity contribution is 6.05. The Morgan fingerprint density at radius 2 is 1.92 bits per heavy atom. The van der Waals surface area contributed by atoms with Crippen LogP contribution in [0.3, 0.4) is 0 Å². The van der Waals surface area contributed by atoms with E-state index in [4.69, 9.17) is 5.10 Å². The Kier molecular flexibility index (Phi) is 6.00. The third-order valence-corrected chi connectivity index (χ3v) is 5.91. The molecular formula is C22H33N3O. The smallest absolute Gasteiger partial charge is 0.272 e. The number of aromatic nitrogens is 2. The van der Waals surface area contributed by atoms with E-state index in [1.54, 1.807) is 0 Å². The van der Waals surface area contributed by atoms with Gasteiger partial charge < -0.3 is 5.32 Å². The third-order valence-electron chi connectivity index (χ3n) is 5.91. The maximum Gasteiger partial charge on any atom is 0.272 e. The van der Waals surface area contributed by atoms with Crippen LogP contribution in [0.1, 0.15) is 82.6 Å². The average Bonchev–Trinajstić information content (AvgIpc) is 3.02. The number of nitrogens with one attached hydrogen (secondary N) is 1. The van der Waals surface area contributed by atoms with Gasteiger partial charge >= 0.3 is 0 Å². The maximum atomic E-state index is 13.1. The zero-order chi connectivity index (χ0) is 18.6. The molecule has 0 aliphatic heterocycles. The van der Waals surface area contributed by atoms with Crippen molar-refractivity contribution in [3.63, 3.8) is 0 Å². The van der Waals surface area contributed by atoms with E-state index in [9.17, 15) is 4.79 Å². The van der Waals surface area contributed by atoms with Gasteiger partial charge in [-0.15, -0.1) is 0 Å². The molecule has 1 saturated carbocycles. The largest absolute Gasteiger partial charge is 0.345 e. The number of aryl methyl sites for hydroxylation is 1. The summed E-state index contributed by atoms with van der Waals surface area (Å²) >= 11 is 0. The summed E-state index contributed by atoms with van der Waals surface area (Å²) in [5, 5.41) is 8.95. The van der Waals surface area contributed by atoms with Crippen molar-refractivity contribution in [2.24, 2.45) is 5.92 Å². The molecule has 1 fully saturated rings. The number of unbranched alkanes of at least 4 members (excludes halogenated alkanes) is 2. The molecule has 1 aromatic heterocycles. The number of hydrogen-bond donors (Lipinski definition) is 1. The fourth-order valence-corrected chi connectivity index (χ4v) is 4.26. The van der Waals surface area contributed by atoms with Gasteiger partial charge in [-0.05, 0) is 45.1 Å². The Labute approximate surface area is 157 Å². The lowest BCUT2D eigenvalue weighted by molar-refractivity contribution is 0.0854. The van der Waals surface area contributed by atoms with Crippen LogP contribution in [0.25, 0.3) is 10.9 Å². The van der Waals surface area contributed by atoms with Gasteiger partial charge in [0.1, 0.15) is 0 Å². The average molecular weight is 356 g/mol. The van der Waals surface area contributed by atoms with Crippen molar-refractivity contribution < 1.29 is 4.79 Å². The van der Waals surface area contributed by atoms with Crippen LogP contribution in [0.4, 0.5) is 0 Å². The van der Waals surface area contributed by atoms with Crippen molar-refractivity contribution in [2.45, 2.75) is 84.2 Å². The van der Waals surface area contributed by atoms with Crippen LogP contribution < -0.4 is 5.32 Å². The molecule has 0 atom stereocenters. The fourth-order valence-electron chi connectivity index (χ4n) is 4.26. The van der Waals surface area contributed by atoms with Crippen molar-refractivity contribution in [3.8, 4) is 0 Å². The van der Waals surface area contributed by atoms with Gasteiger partial charge in [0, 0.05) is 17.5 Å². The number of carbonyl (C=O) groups excluding carboxylic acids is 1. The topological polar surface area (TPSA) is 46.9 Å². The summed E-state index contributed by atoms with van der Waals surface area (Å²) in [4.78, 5) is 13.1. The summed E-state index contributed by atoms with van der Waals surface area (Å²) in [5.74, 6) is 0.518. The molecule has 1 N–H and O–H groups in total. The predicted octanol–water partition coefficient (Wildman–Crippen LogP) is 5.32. The van der Waals surface area contributed by atoms with E-state index in [-0.39, 0.29) is 11.4 Å². The van der Waals surface area contributed by atoms with Gasteiger partial charge in [-0.3, -0.25) is 9.48 Å². The number of hydrogen-bond acceptors (Lipinski definition) is 2. The van der Waals surface area contributed by atoms with Gasteiger partial charge in [-0.25, -0.2) is 0 Å². The van der Waals surface area contributed by atoms with Crippen LogP contribution in [0, 0.1) is 5.92 Å². The second-order valence-electron chi connectivity index (χ2n) is 8.31. The predicted molar refractivity (Wildman–Crippen MR) is 107 cm³/mol. The number of nitrogens with zero attached hydrogens (tertiary/aromatic N) is 2. The molecule has 26 heavy (non-hydrogen) atoms. The second kappa shape index (κ2) is 8.24. The van der Waals surface area contributed by atoms with Crippen LogP contribution in [0.5, 0.6) is 0 Å². The second-order valence-corrected chi connectivity index (χ2v) is 8.31. The normalized spacial score (nSPS) is 16.1. The molecule has 0 bridgehead atoms. The van der Waals surface area contributed by atoms with Gasteiger partial charge in [-0.2, -0.15) is 5.10 Å². The van der Waals surface area contributed by atoms with E-state index in [1.807, 2.05) is 22.9 Å². The lowest BCUT2D eigenvalue weighted by atomic mass is 9.76. The maximum absolute atomic E-state index is 13.1. The standard InChI is InChI=1S/C22H33N3O/c1-4-5-11-16-25-19-15-10-9-14-18(19)20(24-25)21(26)23-22(2,3)17-12-7-6-8-13-17/h9-10,14-15,17H,4-8,11-13,16H2,1-3H3,(H,23,26). The van der Waals surface area contributed by atoms with E-state index in [0.717, 1.165) is 23.9 Å². The molecule has 0 radical (unpaired) electrons. The van der Waals surface area contributed by atoms with Gasteiger partial charge in [0.15, 0.2) is 5.69 Å². The summed E-state index contributed by atoms with van der Waals surface area (Å²) in [5.41, 5.74) is 1.44. The highest BCUT2D eigenvalue weighted by Gasteiger charge is 2.33. The first kappa shape index (κ1) is 18.9. The lowest BCUT2D eigenvalue weighted by Gasteiger charge is -2.37. The van der Waals surface area contributed by atoms with E-state index in [1.165, 1.54) is 44.9 Å². The SMILES string of the molecule is CCCCCn1nc(C(=O)NC(C)(C)C2CCCCC2)c2ccccc21. The highest BCUT2D eigenvalue weighted by Crippen LogP contribution is 2.32. The third kappa shape index (κ3) is 4.11. The summed E-state index contributed by atoms with van der Waals surface area (Å²) in [6, 6.07) is 8.09. The molecule has 142 valence electrons. The number of benzene rings is 1. The van der Waals surface area contributed by atoms with Gasteiger partial charge in [0.2, 0.25) is 0 Å². The lowest BCUT2D eigenvalue weighted by Crippen LogP contribution is -2.49. The Bertz CT molecular complexity index is 741. The fraction of sp³-hybridized carbons (Fsp3) is 0.636. The van der Waals surface area contributed by atoms with Crippen LogP contribution in [-0.2, 0) is 6.54 Å². The van der Waals surface area contributed by atoms with Crippen molar-refractivity contribution in [1.82, 2.24) is 15.1 Å². The first-order valence-corrected chi connectivity index (χ1v) is 10.3. The summed E-state index contributed by atoms with van der Waals surface area (Å²) in [7, 11) is 0. The Hall–Kier alpha value is -1.84. The molecule has 1 aliphatic rings. The Balaban J connectivity index is 1.81. The molecule has 4 nitrogen and oxygen atoms in total.